The van der Waals surface area contributed by atoms with Gasteiger partial charge in [-0.3, -0.25) is 9.59 Å². The van der Waals surface area contributed by atoms with E-state index in [0.717, 1.165) is 6.54 Å². The van der Waals surface area contributed by atoms with E-state index in [1.165, 1.54) is 0 Å². The topological polar surface area (TPSA) is 89.1 Å². The van der Waals surface area contributed by atoms with Gasteiger partial charge in [0, 0.05) is 50.6 Å². The highest BCUT2D eigenvalue weighted by Crippen LogP contribution is 2.26. The maximum Gasteiger partial charge on any atom is 0.257 e. The number of hydrogen-bond donors (Lipinski definition) is 2. The highest BCUT2D eigenvalue weighted by atomic mass is 16.5. The normalized spacial score (nSPS) is 21.8. The van der Waals surface area contributed by atoms with E-state index in [2.05, 4.69) is 17.6 Å². The number of hydrogen-bond acceptors (Lipinski definition) is 6. The Morgan fingerprint density at radius 2 is 1.88 bits per heavy atom. The summed E-state index contributed by atoms with van der Waals surface area (Å²) in [6.45, 7) is 5.72. The van der Waals surface area contributed by atoms with Crippen LogP contribution in [-0.2, 0) is 4.74 Å². The highest BCUT2D eigenvalue weighted by Gasteiger charge is 2.25. The summed E-state index contributed by atoms with van der Waals surface area (Å²) in [7, 11) is 5.00. The number of rotatable bonds is 4. The Kier molecular flexibility index (Phi) is 8.30. The predicted octanol–water partition coefficient (Wildman–Crippen LogP) is 3.04. The van der Waals surface area contributed by atoms with E-state index < -0.39 is 0 Å². The minimum absolute atomic E-state index is 0.0719. The van der Waals surface area contributed by atoms with Crippen molar-refractivity contribution >= 4 is 17.5 Å². The van der Waals surface area contributed by atoms with Crippen molar-refractivity contribution in [3.8, 4) is 11.5 Å². The van der Waals surface area contributed by atoms with Gasteiger partial charge in [0.15, 0.2) is 0 Å². The summed E-state index contributed by atoms with van der Waals surface area (Å²) in [5.41, 5.74) is 1.48. The number of ether oxygens (including phenoxy) is 3. The quantitative estimate of drug-likeness (QED) is 0.737. The summed E-state index contributed by atoms with van der Waals surface area (Å²) in [6, 6.07) is 12.0. The van der Waals surface area contributed by atoms with Gasteiger partial charge >= 0.3 is 0 Å². The Morgan fingerprint density at radius 1 is 1.15 bits per heavy atom. The minimum Gasteiger partial charge on any atom is -0.497 e. The van der Waals surface area contributed by atoms with E-state index in [9.17, 15) is 9.59 Å². The summed E-state index contributed by atoms with van der Waals surface area (Å²) < 4.78 is 16.8. The maximum absolute atomic E-state index is 13.2. The summed E-state index contributed by atoms with van der Waals surface area (Å²) in [4.78, 5) is 27.5. The summed E-state index contributed by atoms with van der Waals surface area (Å²) >= 11 is 0. The molecule has 2 amide bonds. The lowest BCUT2D eigenvalue weighted by atomic mass is 10.0. The second-order valence-electron chi connectivity index (χ2n) is 8.45. The molecule has 8 heteroatoms. The smallest absolute Gasteiger partial charge is 0.257 e. The molecule has 1 aliphatic rings. The van der Waals surface area contributed by atoms with Gasteiger partial charge in [0.25, 0.3) is 11.8 Å². The van der Waals surface area contributed by atoms with E-state index >= 15 is 0 Å². The van der Waals surface area contributed by atoms with E-state index in [1.54, 1.807) is 68.6 Å². The van der Waals surface area contributed by atoms with Gasteiger partial charge in [-0.1, -0.05) is 6.92 Å². The first-order chi connectivity index (χ1) is 15.8. The molecule has 1 heterocycles. The third kappa shape index (κ3) is 6.24. The van der Waals surface area contributed by atoms with Crippen LogP contribution in [0.3, 0.4) is 0 Å². The number of methoxy groups -OCH3 is 2. The largest absolute Gasteiger partial charge is 0.497 e. The van der Waals surface area contributed by atoms with E-state index in [1.807, 2.05) is 6.92 Å². The van der Waals surface area contributed by atoms with Crippen LogP contribution in [0.5, 0.6) is 11.5 Å². The molecule has 3 atom stereocenters. The van der Waals surface area contributed by atoms with Crippen molar-refractivity contribution in [2.75, 3.05) is 46.3 Å². The Bertz CT molecular complexity index is 963. The molecule has 3 rings (SSSR count). The second kappa shape index (κ2) is 11.2. The molecule has 0 unspecified atom stereocenters. The first-order valence-corrected chi connectivity index (χ1v) is 11.1. The molecule has 0 bridgehead atoms. The zero-order chi connectivity index (χ0) is 24.0. The van der Waals surface area contributed by atoms with Crippen LogP contribution in [0.1, 0.15) is 34.6 Å². The first kappa shape index (κ1) is 24.5. The molecule has 2 aromatic rings. The Labute approximate surface area is 195 Å². The fourth-order valence-electron chi connectivity index (χ4n) is 3.68. The molecule has 0 aromatic heterocycles. The van der Waals surface area contributed by atoms with Crippen LogP contribution in [0.2, 0.25) is 0 Å². The van der Waals surface area contributed by atoms with Crippen molar-refractivity contribution in [2.45, 2.75) is 26.0 Å². The van der Waals surface area contributed by atoms with Crippen LogP contribution in [0.25, 0.3) is 0 Å². The third-order valence-electron chi connectivity index (χ3n) is 5.84. The Hall–Kier alpha value is -3.10. The fourth-order valence-corrected chi connectivity index (χ4v) is 3.68. The van der Waals surface area contributed by atoms with Gasteiger partial charge in [-0.2, -0.15) is 0 Å². The Balaban J connectivity index is 1.84. The minimum atomic E-state index is -0.263. The van der Waals surface area contributed by atoms with Crippen LogP contribution in [0, 0.1) is 5.92 Å². The maximum atomic E-state index is 13.2. The molecule has 0 saturated heterocycles. The lowest BCUT2D eigenvalue weighted by Gasteiger charge is -2.30. The number of fused-ring (bicyclic) bond motifs is 1. The molecule has 2 N–H and O–H groups in total. The zero-order valence-corrected chi connectivity index (χ0v) is 19.9. The van der Waals surface area contributed by atoms with Crippen LogP contribution < -0.4 is 20.1 Å². The van der Waals surface area contributed by atoms with Gasteiger partial charge < -0.3 is 29.7 Å². The molecule has 0 saturated carbocycles. The van der Waals surface area contributed by atoms with Gasteiger partial charge in [0.05, 0.1) is 18.8 Å². The lowest BCUT2D eigenvalue weighted by Crippen LogP contribution is -2.44. The SMILES string of the molecule is COc1ccc(C(=O)Nc2ccc3c(c2)OC[C@@H](C)NC[C@H](C)[C@@H](OC)CN(C)C3=O)cc1. The number of amides is 2. The predicted molar refractivity (Wildman–Crippen MR) is 127 cm³/mol. The van der Waals surface area contributed by atoms with Gasteiger partial charge in [0.2, 0.25) is 0 Å². The van der Waals surface area contributed by atoms with Gasteiger partial charge in [-0.05, 0) is 49.2 Å². The van der Waals surface area contributed by atoms with E-state index in [-0.39, 0.29) is 29.9 Å². The van der Waals surface area contributed by atoms with E-state index in [4.69, 9.17) is 14.2 Å². The van der Waals surface area contributed by atoms with Crippen molar-refractivity contribution in [2.24, 2.45) is 5.92 Å². The molecule has 0 radical (unpaired) electrons. The summed E-state index contributed by atoms with van der Waals surface area (Å²) in [5, 5.41) is 6.33. The summed E-state index contributed by atoms with van der Waals surface area (Å²) in [5.74, 6) is 0.905. The number of nitrogens with zero attached hydrogens (tertiary/aromatic N) is 1. The molecular formula is C25H33N3O5. The lowest BCUT2D eigenvalue weighted by molar-refractivity contribution is 0.0281. The van der Waals surface area contributed by atoms with E-state index in [0.29, 0.717) is 41.5 Å². The molecular weight excluding hydrogens is 422 g/mol. The van der Waals surface area contributed by atoms with Crippen molar-refractivity contribution < 1.29 is 23.8 Å². The van der Waals surface area contributed by atoms with Crippen molar-refractivity contribution in [3.05, 3.63) is 53.6 Å². The van der Waals surface area contributed by atoms with Crippen molar-refractivity contribution in [1.29, 1.82) is 0 Å². The average Bonchev–Trinajstić information content (AvgIpc) is 2.83. The van der Waals surface area contributed by atoms with Crippen molar-refractivity contribution in [3.63, 3.8) is 0 Å². The van der Waals surface area contributed by atoms with Crippen LogP contribution in [0.15, 0.2) is 42.5 Å². The van der Waals surface area contributed by atoms with Gasteiger partial charge in [-0.25, -0.2) is 0 Å². The van der Waals surface area contributed by atoms with Crippen LogP contribution >= 0.6 is 0 Å². The number of nitrogens with one attached hydrogen (secondary N) is 2. The number of likely N-dealkylation sites (N-methyl/N-ethyl adjacent to an activating group) is 1. The Morgan fingerprint density at radius 3 is 2.55 bits per heavy atom. The van der Waals surface area contributed by atoms with Crippen LogP contribution in [-0.4, -0.2) is 69.8 Å². The molecule has 0 aliphatic carbocycles. The fraction of sp³-hybridized carbons (Fsp3) is 0.440. The molecule has 8 nitrogen and oxygen atoms in total. The second-order valence-corrected chi connectivity index (χ2v) is 8.45. The number of carbonyl (C=O) groups is 2. The third-order valence-corrected chi connectivity index (χ3v) is 5.84. The molecule has 0 fully saturated rings. The average molecular weight is 456 g/mol. The van der Waals surface area contributed by atoms with Gasteiger partial charge in [-0.15, -0.1) is 0 Å². The molecule has 178 valence electrons. The highest BCUT2D eigenvalue weighted by molar-refractivity contribution is 6.05. The zero-order valence-electron chi connectivity index (χ0n) is 19.9. The molecule has 1 aliphatic heterocycles. The molecule has 2 aromatic carbocycles. The molecule has 33 heavy (non-hydrogen) atoms. The van der Waals surface area contributed by atoms with Crippen molar-refractivity contribution in [1.82, 2.24) is 10.2 Å². The number of benzene rings is 2. The standard InChI is InChI=1S/C25H33N3O5/c1-16-13-26-17(2)15-33-22-12-19(27-24(29)18-6-9-20(31-4)10-7-18)8-11-21(22)25(30)28(3)14-23(16)32-5/h6-12,16-17,23,26H,13-15H2,1-5H3,(H,27,29)/t16-,17+,23-/m0/s1. The number of anilines is 1. The monoisotopic (exact) mass is 455 g/mol. The first-order valence-electron chi connectivity index (χ1n) is 11.1. The van der Waals surface area contributed by atoms with Crippen LogP contribution in [0.4, 0.5) is 5.69 Å². The molecule has 0 spiro atoms. The number of carbonyl (C=O) groups excluding carboxylic acids is 2. The van der Waals surface area contributed by atoms with Gasteiger partial charge in [0.1, 0.15) is 18.1 Å². The summed E-state index contributed by atoms with van der Waals surface area (Å²) in [6.07, 6.45) is -0.0921.